The third kappa shape index (κ3) is 5.84. The van der Waals surface area contributed by atoms with Gasteiger partial charge in [0.1, 0.15) is 5.76 Å². The number of benzene rings is 3. The summed E-state index contributed by atoms with van der Waals surface area (Å²) >= 11 is 5.36. The molecule has 0 aliphatic rings. The first-order valence-corrected chi connectivity index (χ1v) is 14.8. The van der Waals surface area contributed by atoms with Gasteiger partial charge in [-0.1, -0.05) is 78.4 Å². The van der Waals surface area contributed by atoms with Crippen molar-refractivity contribution in [3.05, 3.63) is 130 Å². The van der Waals surface area contributed by atoms with E-state index in [9.17, 15) is 0 Å². The second-order valence-corrected chi connectivity index (χ2v) is 11.4. The highest BCUT2D eigenvalue weighted by atomic mass is 32.2. The summed E-state index contributed by atoms with van der Waals surface area (Å²) in [7, 11) is 0. The Morgan fingerprint density at radius 1 is 0.722 bits per heavy atom. The van der Waals surface area contributed by atoms with Crippen LogP contribution in [-0.2, 0) is 4.74 Å². The maximum atomic E-state index is 6.33. The summed E-state index contributed by atoms with van der Waals surface area (Å²) in [6.07, 6.45) is 0. The SMILES string of the molecule is CCOC(CSc1cccc(C)c1)=C(c1ccc(-c2cccs2)cc1)c1ccc(-c2cccs2)cc1. The minimum absolute atomic E-state index is 0.633. The first kappa shape index (κ1) is 24.6. The summed E-state index contributed by atoms with van der Waals surface area (Å²) in [5, 5.41) is 4.25. The molecule has 0 N–H and O–H groups in total. The van der Waals surface area contributed by atoms with Crippen LogP contribution in [0.15, 0.2) is 118 Å². The van der Waals surface area contributed by atoms with Gasteiger partial charge in [-0.3, -0.25) is 0 Å². The van der Waals surface area contributed by atoms with Crippen molar-refractivity contribution < 1.29 is 4.74 Å². The Balaban J connectivity index is 1.55. The fourth-order valence-electron chi connectivity index (χ4n) is 4.19. The number of aryl methyl sites for hydroxylation is 1. The zero-order chi connectivity index (χ0) is 24.7. The van der Waals surface area contributed by atoms with E-state index in [0.717, 1.165) is 17.1 Å². The molecule has 0 aliphatic heterocycles. The molecule has 5 rings (SSSR count). The predicted octanol–water partition coefficient (Wildman–Crippen LogP) is 10.0. The summed E-state index contributed by atoms with van der Waals surface area (Å²) in [5.74, 6) is 1.78. The molecule has 0 radical (unpaired) electrons. The molecule has 180 valence electrons. The van der Waals surface area contributed by atoms with E-state index in [1.165, 1.54) is 42.5 Å². The fourth-order valence-corrected chi connectivity index (χ4v) is 6.63. The lowest BCUT2D eigenvalue weighted by atomic mass is 9.95. The molecule has 2 aromatic heterocycles. The highest BCUT2D eigenvalue weighted by Crippen LogP contribution is 2.35. The van der Waals surface area contributed by atoms with E-state index >= 15 is 0 Å². The third-order valence-corrected chi connectivity index (χ3v) is 8.75. The molecule has 2 heterocycles. The number of thiophene rings is 2. The predicted molar refractivity (Wildman–Crippen MR) is 159 cm³/mol. The summed E-state index contributed by atoms with van der Waals surface area (Å²) in [4.78, 5) is 3.83. The van der Waals surface area contributed by atoms with Gasteiger partial charge < -0.3 is 4.74 Å². The van der Waals surface area contributed by atoms with Gasteiger partial charge >= 0.3 is 0 Å². The van der Waals surface area contributed by atoms with Gasteiger partial charge in [0.05, 0.1) is 12.4 Å². The van der Waals surface area contributed by atoms with Crippen LogP contribution >= 0.6 is 34.4 Å². The maximum absolute atomic E-state index is 6.33. The summed E-state index contributed by atoms with van der Waals surface area (Å²) < 4.78 is 6.33. The van der Waals surface area contributed by atoms with Crippen LogP contribution in [0.25, 0.3) is 26.5 Å². The monoisotopic (exact) mass is 524 g/mol. The van der Waals surface area contributed by atoms with Gasteiger partial charge in [-0.25, -0.2) is 0 Å². The standard InChI is InChI=1S/C32H28OS3/c1-3-33-29(22-36-28-8-4-7-23(2)21-28)32(26-15-11-24(12-16-26)30-9-5-19-34-30)27-17-13-25(14-18-27)31-10-6-20-35-31/h4-21H,3,22H2,1-2H3. The average Bonchev–Trinajstić information content (AvgIpc) is 3.64. The highest BCUT2D eigenvalue weighted by molar-refractivity contribution is 7.99. The first-order chi connectivity index (χ1) is 17.7. The van der Waals surface area contributed by atoms with E-state index in [0.29, 0.717) is 6.61 Å². The second-order valence-electron chi connectivity index (χ2n) is 8.45. The number of hydrogen-bond donors (Lipinski definition) is 0. The average molecular weight is 525 g/mol. The van der Waals surface area contributed by atoms with Crippen LogP contribution in [-0.4, -0.2) is 12.4 Å². The van der Waals surface area contributed by atoms with Crippen LogP contribution in [0.5, 0.6) is 0 Å². The quantitative estimate of drug-likeness (QED) is 0.140. The van der Waals surface area contributed by atoms with Crippen molar-refractivity contribution in [3.8, 4) is 20.9 Å². The van der Waals surface area contributed by atoms with Crippen LogP contribution in [0.1, 0.15) is 23.6 Å². The van der Waals surface area contributed by atoms with Gasteiger partial charge in [0.25, 0.3) is 0 Å². The molecule has 5 aromatic rings. The zero-order valence-electron chi connectivity index (χ0n) is 20.4. The Morgan fingerprint density at radius 3 is 1.78 bits per heavy atom. The highest BCUT2D eigenvalue weighted by Gasteiger charge is 2.15. The molecule has 0 fully saturated rings. The Labute approximate surface area is 226 Å². The smallest absolute Gasteiger partial charge is 0.115 e. The van der Waals surface area contributed by atoms with Gasteiger partial charge in [0.2, 0.25) is 0 Å². The number of rotatable bonds is 9. The van der Waals surface area contributed by atoms with Crippen LogP contribution in [0.3, 0.4) is 0 Å². The zero-order valence-corrected chi connectivity index (χ0v) is 22.9. The molecule has 0 spiro atoms. The number of hydrogen-bond acceptors (Lipinski definition) is 4. The molecule has 0 unspecified atom stereocenters. The molecule has 0 amide bonds. The Bertz CT molecular complexity index is 1330. The minimum atomic E-state index is 0.633. The Kier molecular flexibility index (Phi) is 8.07. The molecule has 0 saturated heterocycles. The van der Waals surface area contributed by atoms with Crippen LogP contribution in [0.4, 0.5) is 0 Å². The van der Waals surface area contributed by atoms with E-state index < -0.39 is 0 Å². The van der Waals surface area contributed by atoms with Crippen LogP contribution < -0.4 is 0 Å². The third-order valence-electron chi connectivity index (χ3n) is 5.92. The summed E-state index contributed by atoms with van der Waals surface area (Å²) in [5.41, 5.74) is 7.27. The van der Waals surface area contributed by atoms with E-state index in [4.69, 9.17) is 4.74 Å². The molecule has 0 bridgehead atoms. The molecule has 0 saturated carbocycles. The van der Waals surface area contributed by atoms with Crippen molar-refractivity contribution in [2.45, 2.75) is 18.7 Å². The summed E-state index contributed by atoms with van der Waals surface area (Å²) in [6, 6.07) is 35.0. The normalized spacial score (nSPS) is 10.8. The lowest BCUT2D eigenvalue weighted by molar-refractivity contribution is 0.235. The van der Waals surface area contributed by atoms with Crippen LogP contribution in [0.2, 0.25) is 0 Å². The number of thioether (sulfide) groups is 1. The molecule has 0 atom stereocenters. The fraction of sp³-hybridized carbons (Fsp3) is 0.125. The molecule has 1 nitrogen and oxygen atoms in total. The van der Waals surface area contributed by atoms with Gasteiger partial charge in [-0.05, 0) is 71.1 Å². The molecular weight excluding hydrogens is 497 g/mol. The maximum Gasteiger partial charge on any atom is 0.115 e. The molecule has 0 aliphatic carbocycles. The van der Waals surface area contributed by atoms with Gasteiger partial charge in [-0.15, -0.1) is 34.4 Å². The molecule has 3 aromatic carbocycles. The summed E-state index contributed by atoms with van der Waals surface area (Å²) in [6.45, 7) is 4.83. The Morgan fingerprint density at radius 2 is 1.31 bits per heavy atom. The van der Waals surface area contributed by atoms with Crippen molar-refractivity contribution in [1.29, 1.82) is 0 Å². The lowest BCUT2D eigenvalue weighted by Crippen LogP contribution is -2.02. The molecular formula is C32H28OS3. The van der Waals surface area contributed by atoms with Crippen molar-refractivity contribution in [2.75, 3.05) is 12.4 Å². The van der Waals surface area contributed by atoms with Crippen molar-refractivity contribution in [3.63, 3.8) is 0 Å². The van der Waals surface area contributed by atoms with Crippen molar-refractivity contribution in [1.82, 2.24) is 0 Å². The number of ether oxygens (including phenoxy) is 1. The van der Waals surface area contributed by atoms with E-state index in [1.54, 1.807) is 22.7 Å². The van der Waals surface area contributed by atoms with Crippen LogP contribution in [0, 0.1) is 6.92 Å². The molecule has 36 heavy (non-hydrogen) atoms. The van der Waals surface area contributed by atoms with E-state index in [2.05, 4.69) is 122 Å². The largest absolute Gasteiger partial charge is 0.497 e. The van der Waals surface area contributed by atoms with Gasteiger partial charge in [-0.2, -0.15) is 0 Å². The Hall–Kier alpha value is -3.05. The van der Waals surface area contributed by atoms with Crippen molar-refractivity contribution in [2.24, 2.45) is 0 Å². The first-order valence-electron chi connectivity index (χ1n) is 12.1. The second kappa shape index (κ2) is 11.8. The van der Waals surface area contributed by atoms with Crippen molar-refractivity contribution >= 4 is 40.0 Å². The topological polar surface area (TPSA) is 9.23 Å². The van der Waals surface area contributed by atoms with Gasteiger partial charge in [0.15, 0.2) is 0 Å². The van der Waals surface area contributed by atoms with E-state index in [1.807, 2.05) is 11.8 Å². The van der Waals surface area contributed by atoms with E-state index in [-0.39, 0.29) is 0 Å². The molecule has 4 heteroatoms. The van der Waals surface area contributed by atoms with Gasteiger partial charge in [0, 0.05) is 20.2 Å². The minimum Gasteiger partial charge on any atom is -0.497 e. The lowest BCUT2D eigenvalue weighted by Gasteiger charge is -2.18.